The van der Waals surface area contributed by atoms with Crippen LogP contribution in [0.2, 0.25) is 0 Å². The van der Waals surface area contributed by atoms with Crippen LogP contribution in [0.3, 0.4) is 0 Å². The summed E-state index contributed by atoms with van der Waals surface area (Å²) in [4.78, 5) is 0. The van der Waals surface area contributed by atoms with Gasteiger partial charge in [0.15, 0.2) is 0 Å². The molecule has 0 rings (SSSR count). The van der Waals surface area contributed by atoms with Crippen LogP contribution in [0.25, 0.3) is 0 Å². The van der Waals surface area contributed by atoms with Gasteiger partial charge in [-0.05, 0) is 25.3 Å². The third-order valence-electron chi connectivity index (χ3n) is 1.57. The van der Waals surface area contributed by atoms with Gasteiger partial charge >= 0.3 is 0 Å². The van der Waals surface area contributed by atoms with Gasteiger partial charge in [0.05, 0.1) is 13.2 Å². The van der Waals surface area contributed by atoms with Gasteiger partial charge in [0.2, 0.25) is 0 Å². The summed E-state index contributed by atoms with van der Waals surface area (Å²) in [6.07, 6.45) is 2.10. The highest BCUT2D eigenvalue weighted by Crippen LogP contribution is 1.92. The first-order valence-corrected chi connectivity index (χ1v) is 5.13. The van der Waals surface area contributed by atoms with Crippen LogP contribution in [0.15, 0.2) is 0 Å². The van der Waals surface area contributed by atoms with Crippen LogP contribution in [0, 0.1) is 5.92 Å². The lowest BCUT2D eigenvalue weighted by atomic mass is 10.2. The lowest BCUT2D eigenvalue weighted by molar-refractivity contribution is 0.0368. The molecule has 0 aliphatic rings. The topological polar surface area (TPSA) is 44.5 Å². The standard InChI is InChI=1S/C10H23NO2/c1-10(2)9-13-8-7-12-6-4-3-5-11/h10H,3-9,11H2,1-2H3. The first kappa shape index (κ1) is 12.9. The number of hydrogen-bond acceptors (Lipinski definition) is 3. The van der Waals surface area contributed by atoms with Crippen molar-refractivity contribution in [1.29, 1.82) is 0 Å². The molecule has 0 fully saturated rings. The molecule has 3 heteroatoms. The first-order valence-electron chi connectivity index (χ1n) is 5.13. The molecule has 0 radical (unpaired) electrons. The summed E-state index contributed by atoms with van der Waals surface area (Å²) in [7, 11) is 0. The minimum Gasteiger partial charge on any atom is -0.379 e. The van der Waals surface area contributed by atoms with Crippen molar-refractivity contribution in [1.82, 2.24) is 0 Å². The van der Waals surface area contributed by atoms with E-state index in [4.69, 9.17) is 15.2 Å². The molecule has 0 aromatic carbocycles. The fraction of sp³-hybridized carbons (Fsp3) is 1.00. The van der Waals surface area contributed by atoms with Crippen LogP contribution in [-0.2, 0) is 9.47 Å². The van der Waals surface area contributed by atoms with Gasteiger partial charge in [-0.25, -0.2) is 0 Å². The van der Waals surface area contributed by atoms with Crippen molar-refractivity contribution in [2.75, 3.05) is 33.0 Å². The Kier molecular flexibility index (Phi) is 9.87. The molecule has 0 bridgehead atoms. The van der Waals surface area contributed by atoms with E-state index in [0.29, 0.717) is 19.1 Å². The van der Waals surface area contributed by atoms with E-state index in [9.17, 15) is 0 Å². The highest BCUT2D eigenvalue weighted by atomic mass is 16.5. The quantitative estimate of drug-likeness (QED) is 0.558. The van der Waals surface area contributed by atoms with E-state index in [1.54, 1.807) is 0 Å². The van der Waals surface area contributed by atoms with Gasteiger partial charge < -0.3 is 15.2 Å². The van der Waals surface area contributed by atoms with Gasteiger partial charge in [-0.3, -0.25) is 0 Å². The Bertz CT molecular complexity index is 96.9. The Morgan fingerprint density at radius 1 is 1.00 bits per heavy atom. The lowest BCUT2D eigenvalue weighted by Gasteiger charge is -2.07. The fourth-order valence-electron chi connectivity index (χ4n) is 0.887. The zero-order valence-corrected chi connectivity index (χ0v) is 8.92. The van der Waals surface area contributed by atoms with Gasteiger partial charge in [0, 0.05) is 13.2 Å². The van der Waals surface area contributed by atoms with Crippen molar-refractivity contribution in [2.45, 2.75) is 26.7 Å². The normalized spacial score (nSPS) is 11.1. The van der Waals surface area contributed by atoms with E-state index in [1.807, 2.05) is 0 Å². The molecule has 0 saturated heterocycles. The molecular weight excluding hydrogens is 166 g/mol. The van der Waals surface area contributed by atoms with Crippen LogP contribution in [-0.4, -0.2) is 33.0 Å². The van der Waals surface area contributed by atoms with Crippen molar-refractivity contribution in [3.63, 3.8) is 0 Å². The average Bonchev–Trinajstić information content (AvgIpc) is 2.09. The van der Waals surface area contributed by atoms with Gasteiger partial charge in [0.1, 0.15) is 0 Å². The molecule has 0 heterocycles. The number of hydrogen-bond donors (Lipinski definition) is 1. The number of nitrogens with two attached hydrogens (primary N) is 1. The molecule has 0 aliphatic heterocycles. The number of ether oxygens (including phenoxy) is 2. The highest BCUT2D eigenvalue weighted by Gasteiger charge is 1.93. The van der Waals surface area contributed by atoms with Gasteiger partial charge in [-0.2, -0.15) is 0 Å². The van der Waals surface area contributed by atoms with Crippen molar-refractivity contribution < 1.29 is 9.47 Å². The van der Waals surface area contributed by atoms with Crippen LogP contribution >= 0.6 is 0 Å². The number of unbranched alkanes of at least 4 members (excludes halogenated alkanes) is 1. The summed E-state index contributed by atoms with van der Waals surface area (Å²) in [5.41, 5.74) is 5.34. The second-order valence-corrected chi connectivity index (χ2v) is 3.58. The van der Waals surface area contributed by atoms with Crippen molar-refractivity contribution in [2.24, 2.45) is 11.7 Å². The molecule has 2 N–H and O–H groups in total. The third kappa shape index (κ3) is 11.9. The highest BCUT2D eigenvalue weighted by molar-refractivity contribution is 4.41. The predicted molar refractivity (Wildman–Crippen MR) is 54.8 cm³/mol. The fourth-order valence-corrected chi connectivity index (χ4v) is 0.887. The molecule has 0 atom stereocenters. The van der Waals surface area contributed by atoms with Gasteiger partial charge in [0.25, 0.3) is 0 Å². The van der Waals surface area contributed by atoms with E-state index in [0.717, 1.165) is 32.6 Å². The number of rotatable bonds is 9. The van der Waals surface area contributed by atoms with E-state index >= 15 is 0 Å². The molecule has 0 aromatic heterocycles. The van der Waals surface area contributed by atoms with Crippen molar-refractivity contribution in [3.05, 3.63) is 0 Å². The Morgan fingerprint density at radius 2 is 1.69 bits per heavy atom. The van der Waals surface area contributed by atoms with E-state index in [-0.39, 0.29) is 0 Å². The largest absolute Gasteiger partial charge is 0.379 e. The molecular formula is C10H23NO2. The molecule has 0 unspecified atom stereocenters. The van der Waals surface area contributed by atoms with Crippen LogP contribution in [0.5, 0.6) is 0 Å². The van der Waals surface area contributed by atoms with Gasteiger partial charge in [-0.15, -0.1) is 0 Å². The summed E-state index contributed by atoms with van der Waals surface area (Å²) in [6.45, 7) is 8.09. The molecule has 0 aliphatic carbocycles. The van der Waals surface area contributed by atoms with Crippen LogP contribution < -0.4 is 5.73 Å². The van der Waals surface area contributed by atoms with Crippen LogP contribution in [0.1, 0.15) is 26.7 Å². The summed E-state index contributed by atoms with van der Waals surface area (Å²) in [5, 5.41) is 0. The zero-order valence-electron chi connectivity index (χ0n) is 8.92. The monoisotopic (exact) mass is 189 g/mol. The van der Waals surface area contributed by atoms with E-state index < -0.39 is 0 Å². The molecule has 0 aromatic rings. The Balaban J connectivity index is 2.84. The first-order chi connectivity index (χ1) is 6.27. The Morgan fingerprint density at radius 3 is 2.31 bits per heavy atom. The molecule has 0 spiro atoms. The van der Waals surface area contributed by atoms with E-state index in [1.165, 1.54) is 0 Å². The maximum absolute atomic E-state index is 5.35. The molecule has 3 nitrogen and oxygen atoms in total. The third-order valence-corrected chi connectivity index (χ3v) is 1.57. The van der Waals surface area contributed by atoms with Crippen molar-refractivity contribution >= 4 is 0 Å². The van der Waals surface area contributed by atoms with E-state index in [2.05, 4.69) is 13.8 Å². The van der Waals surface area contributed by atoms with Crippen LogP contribution in [0.4, 0.5) is 0 Å². The minimum atomic E-state index is 0.609. The molecule has 13 heavy (non-hydrogen) atoms. The maximum atomic E-state index is 5.35. The predicted octanol–water partition coefficient (Wildman–Crippen LogP) is 1.41. The minimum absolute atomic E-state index is 0.609. The van der Waals surface area contributed by atoms with Crippen molar-refractivity contribution in [3.8, 4) is 0 Å². The SMILES string of the molecule is CC(C)COCCOCCCCN. The molecule has 80 valence electrons. The summed E-state index contributed by atoms with van der Waals surface area (Å²) < 4.78 is 10.7. The average molecular weight is 189 g/mol. The zero-order chi connectivity index (χ0) is 9.94. The van der Waals surface area contributed by atoms with Gasteiger partial charge in [-0.1, -0.05) is 13.8 Å². The maximum Gasteiger partial charge on any atom is 0.0700 e. The Labute approximate surface area is 81.6 Å². The lowest BCUT2D eigenvalue weighted by Crippen LogP contribution is -2.09. The smallest absolute Gasteiger partial charge is 0.0700 e. The summed E-state index contributed by atoms with van der Waals surface area (Å²) in [6, 6.07) is 0. The molecule has 0 saturated carbocycles. The Hall–Kier alpha value is -0.120. The summed E-state index contributed by atoms with van der Waals surface area (Å²) >= 11 is 0. The summed E-state index contributed by atoms with van der Waals surface area (Å²) in [5.74, 6) is 0.609. The second-order valence-electron chi connectivity index (χ2n) is 3.58. The second kappa shape index (κ2) is 9.96. The molecule has 0 amide bonds.